The summed E-state index contributed by atoms with van der Waals surface area (Å²) in [6.07, 6.45) is 0. The molecule has 0 bridgehead atoms. The summed E-state index contributed by atoms with van der Waals surface area (Å²) in [4.78, 5) is 0. The lowest BCUT2D eigenvalue weighted by Gasteiger charge is -2.19. The number of fused-ring (bicyclic) bond motifs is 9. The average molecular weight is 637 g/mol. The molecule has 0 saturated carbocycles. The zero-order valence-electron chi connectivity index (χ0n) is 27.0. The molecule has 9 aromatic carbocycles. The highest BCUT2D eigenvalue weighted by Gasteiger charge is 2.20. The van der Waals surface area contributed by atoms with Crippen LogP contribution in [0.15, 0.2) is 179 Å². The molecule has 2 nitrogen and oxygen atoms in total. The lowest BCUT2D eigenvalue weighted by Crippen LogP contribution is -1.92. The highest BCUT2D eigenvalue weighted by Crippen LogP contribution is 2.47. The largest absolute Gasteiger partial charge is 0.456 e. The molecular weight excluding hydrogens is 609 g/mol. The molecule has 0 spiro atoms. The Morgan fingerprint density at radius 3 is 1.50 bits per heavy atom. The van der Waals surface area contributed by atoms with Gasteiger partial charge in [0.1, 0.15) is 22.3 Å². The Hall–Kier alpha value is -6.64. The molecule has 2 heterocycles. The summed E-state index contributed by atoms with van der Waals surface area (Å²) in [5.41, 5.74) is 10.8. The molecule has 0 aliphatic heterocycles. The van der Waals surface area contributed by atoms with Gasteiger partial charge in [0.15, 0.2) is 0 Å². The Morgan fingerprint density at radius 1 is 0.280 bits per heavy atom. The second-order valence-corrected chi connectivity index (χ2v) is 13.2. The summed E-state index contributed by atoms with van der Waals surface area (Å²) in [7, 11) is 0. The summed E-state index contributed by atoms with van der Waals surface area (Å²) >= 11 is 0. The molecule has 0 atom stereocenters. The third kappa shape index (κ3) is 4.03. The van der Waals surface area contributed by atoms with E-state index in [0.717, 1.165) is 55.0 Å². The third-order valence-corrected chi connectivity index (χ3v) is 10.4. The first-order chi connectivity index (χ1) is 24.8. The lowest BCUT2D eigenvalue weighted by molar-refractivity contribution is 0.668. The third-order valence-electron chi connectivity index (χ3n) is 10.4. The van der Waals surface area contributed by atoms with Gasteiger partial charge in [-0.1, -0.05) is 121 Å². The number of hydrogen-bond acceptors (Lipinski definition) is 2. The van der Waals surface area contributed by atoms with Crippen molar-refractivity contribution in [2.45, 2.75) is 0 Å². The van der Waals surface area contributed by atoms with Crippen LogP contribution in [0.5, 0.6) is 0 Å². The van der Waals surface area contributed by atoms with Crippen LogP contribution in [-0.4, -0.2) is 0 Å². The Kier molecular flexibility index (Phi) is 5.70. The van der Waals surface area contributed by atoms with E-state index in [2.05, 4.69) is 146 Å². The van der Waals surface area contributed by atoms with Crippen molar-refractivity contribution in [2.24, 2.45) is 0 Å². The molecule has 2 aromatic heterocycles. The number of hydrogen-bond donors (Lipinski definition) is 0. The van der Waals surface area contributed by atoms with Gasteiger partial charge in [-0.05, 0) is 114 Å². The summed E-state index contributed by atoms with van der Waals surface area (Å²) in [6.45, 7) is 0. The molecule has 11 aromatic rings. The molecule has 0 saturated heterocycles. The molecule has 0 amide bonds. The maximum atomic E-state index is 6.25. The van der Waals surface area contributed by atoms with E-state index < -0.39 is 0 Å². The van der Waals surface area contributed by atoms with Crippen LogP contribution in [0.25, 0.3) is 110 Å². The molecule has 0 aliphatic carbocycles. The number of furan rings is 2. The number of rotatable bonds is 3. The second kappa shape index (κ2) is 10.4. The van der Waals surface area contributed by atoms with Crippen molar-refractivity contribution in [3.8, 4) is 33.4 Å². The van der Waals surface area contributed by atoms with E-state index in [4.69, 9.17) is 8.83 Å². The van der Waals surface area contributed by atoms with Crippen LogP contribution in [-0.2, 0) is 0 Å². The minimum Gasteiger partial charge on any atom is -0.456 e. The minimum absolute atomic E-state index is 0.900. The number of para-hydroxylation sites is 2. The predicted molar refractivity (Wildman–Crippen MR) is 210 cm³/mol. The average Bonchev–Trinajstić information content (AvgIpc) is 3.74. The fourth-order valence-corrected chi connectivity index (χ4v) is 8.10. The first-order valence-electron chi connectivity index (χ1n) is 17.1. The first kappa shape index (κ1) is 27.3. The Morgan fingerprint density at radius 2 is 0.800 bits per heavy atom. The van der Waals surface area contributed by atoms with Gasteiger partial charge in [-0.15, -0.1) is 0 Å². The van der Waals surface area contributed by atoms with E-state index in [1.807, 2.05) is 24.3 Å². The van der Waals surface area contributed by atoms with Crippen molar-refractivity contribution in [1.29, 1.82) is 0 Å². The summed E-state index contributed by atoms with van der Waals surface area (Å²) < 4.78 is 12.5. The second-order valence-electron chi connectivity index (χ2n) is 13.2. The van der Waals surface area contributed by atoms with Crippen LogP contribution < -0.4 is 0 Å². The molecule has 0 unspecified atom stereocenters. The van der Waals surface area contributed by atoms with Crippen LogP contribution in [0.2, 0.25) is 0 Å². The van der Waals surface area contributed by atoms with Gasteiger partial charge < -0.3 is 8.83 Å². The van der Waals surface area contributed by atoms with E-state index in [1.165, 1.54) is 54.6 Å². The summed E-state index contributed by atoms with van der Waals surface area (Å²) in [5.74, 6) is 0. The SMILES string of the molecule is c1ccc2cc(-c3c4ccccc4cc4c(-c5ccc6oc7ccccc7c6c5)ccc(-c5ccc6oc7ccccc7c6c5)c34)ccc2c1. The molecule has 0 aliphatic rings. The van der Waals surface area contributed by atoms with Gasteiger partial charge in [-0.25, -0.2) is 0 Å². The van der Waals surface area contributed by atoms with Gasteiger partial charge in [0.2, 0.25) is 0 Å². The van der Waals surface area contributed by atoms with Crippen molar-refractivity contribution >= 4 is 76.2 Å². The van der Waals surface area contributed by atoms with Crippen LogP contribution >= 0.6 is 0 Å². The van der Waals surface area contributed by atoms with Crippen molar-refractivity contribution in [2.75, 3.05) is 0 Å². The lowest BCUT2D eigenvalue weighted by atomic mass is 9.84. The Labute approximate surface area is 287 Å². The fraction of sp³-hybridized carbons (Fsp3) is 0. The highest BCUT2D eigenvalue weighted by molar-refractivity contribution is 6.22. The van der Waals surface area contributed by atoms with Crippen LogP contribution in [0, 0.1) is 0 Å². The standard InChI is InChI=1S/C48H28O2/c1-2-10-30-25-34(18-17-29(30)9-1)47-36-12-4-3-11-31(36)28-42-35(32-19-23-45-40(26-32)38-13-5-7-15-43(38)49-45)21-22-37(48(42)47)33-20-24-46-41(27-33)39-14-6-8-16-44(39)50-46/h1-28H. The van der Waals surface area contributed by atoms with Crippen molar-refractivity contribution in [1.82, 2.24) is 0 Å². The molecular formula is C48H28O2. The van der Waals surface area contributed by atoms with E-state index in [0.29, 0.717) is 0 Å². The molecule has 11 rings (SSSR count). The highest BCUT2D eigenvalue weighted by atomic mass is 16.3. The minimum atomic E-state index is 0.900. The topological polar surface area (TPSA) is 26.3 Å². The van der Waals surface area contributed by atoms with Crippen molar-refractivity contribution < 1.29 is 8.83 Å². The Bertz CT molecular complexity index is 3160. The zero-order valence-corrected chi connectivity index (χ0v) is 27.0. The van der Waals surface area contributed by atoms with Crippen LogP contribution in [0.1, 0.15) is 0 Å². The molecule has 0 radical (unpaired) electrons. The van der Waals surface area contributed by atoms with Crippen LogP contribution in [0.3, 0.4) is 0 Å². The molecule has 50 heavy (non-hydrogen) atoms. The van der Waals surface area contributed by atoms with Gasteiger partial charge >= 0.3 is 0 Å². The van der Waals surface area contributed by atoms with Gasteiger partial charge in [-0.2, -0.15) is 0 Å². The zero-order chi connectivity index (χ0) is 32.8. The molecule has 2 heteroatoms. The van der Waals surface area contributed by atoms with Crippen LogP contribution in [0.4, 0.5) is 0 Å². The van der Waals surface area contributed by atoms with Crippen molar-refractivity contribution in [3.05, 3.63) is 170 Å². The van der Waals surface area contributed by atoms with Gasteiger partial charge in [-0.3, -0.25) is 0 Å². The smallest absolute Gasteiger partial charge is 0.135 e. The molecule has 232 valence electrons. The summed E-state index contributed by atoms with van der Waals surface area (Å²) in [5, 5.41) is 11.9. The van der Waals surface area contributed by atoms with Gasteiger partial charge in [0, 0.05) is 21.5 Å². The monoisotopic (exact) mass is 636 g/mol. The maximum absolute atomic E-state index is 6.25. The summed E-state index contributed by atoms with van der Waals surface area (Å²) in [6, 6.07) is 61.2. The number of benzene rings is 9. The normalized spacial score (nSPS) is 12.0. The predicted octanol–water partition coefficient (Wildman–Crippen LogP) is 13.9. The van der Waals surface area contributed by atoms with E-state index >= 15 is 0 Å². The van der Waals surface area contributed by atoms with E-state index in [1.54, 1.807) is 0 Å². The molecule has 0 fully saturated rings. The maximum Gasteiger partial charge on any atom is 0.135 e. The van der Waals surface area contributed by atoms with Gasteiger partial charge in [0.05, 0.1) is 0 Å². The Balaban J connectivity index is 1.27. The molecule has 0 N–H and O–H groups in total. The van der Waals surface area contributed by atoms with Gasteiger partial charge in [0.25, 0.3) is 0 Å². The van der Waals surface area contributed by atoms with E-state index in [-0.39, 0.29) is 0 Å². The first-order valence-corrected chi connectivity index (χ1v) is 17.1. The van der Waals surface area contributed by atoms with E-state index in [9.17, 15) is 0 Å². The van der Waals surface area contributed by atoms with Crippen molar-refractivity contribution in [3.63, 3.8) is 0 Å². The fourth-order valence-electron chi connectivity index (χ4n) is 8.10. The quantitative estimate of drug-likeness (QED) is 0.180.